The van der Waals surface area contributed by atoms with E-state index in [-0.39, 0.29) is 35.7 Å². The maximum atomic E-state index is 14.0. The lowest BCUT2D eigenvalue weighted by atomic mass is 10.0. The fourth-order valence-corrected chi connectivity index (χ4v) is 6.44. The molecular weight excluding hydrogens is 594 g/mol. The molecule has 5 rings (SSSR count). The molecule has 4 aromatic carbocycles. The molecule has 1 atom stereocenters. The standard InChI is InChI=1S/C35H36ClN3O4S/c36-30-16-11-28(12-17-30)25-39(33(40)22-15-27-13-20-32(21-14-27)44(42,43)38-31-18-19-31)34(29-9-5-2-6-10-29)35(41)37-24-23-26-7-3-1-4-8-26/h1-14,16-17,20-21,31,34,38H,15,18-19,22-25H2,(H,37,41)/t34-/m1/s1. The van der Waals surface area contributed by atoms with Gasteiger partial charge in [0.15, 0.2) is 0 Å². The van der Waals surface area contributed by atoms with Crippen molar-refractivity contribution >= 4 is 33.4 Å². The van der Waals surface area contributed by atoms with Gasteiger partial charge in [0.2, 0.25) is 21.8 Å². The minimum atomic E-state index is -3.55. The number of nitrogens with one attached hydrogen (secondary N) is 2. The summed E-state index contributed by atoms with van der Waals surface area (Å²) in [5.74, 6) is -0.453. The molecule has 0 unspecified atom stereocenters. The van der Waals surface area contributed by atoms with Crippen molar-refractivity contribution in [3.8, 4) is 0 Å². The number of hydrogen-bond donors (Lipinski definition) is 2. The normalized spacial score (nSPS) is 13.7. The molecule has 0 aromatic heterocycles. The first-order valence-corrected chi connectivity index (χ1v) is 16.7. The largest absolute Gasteiger partial charge is 0.354 e. The Balaban J connectivity index is 1.34. The van der Waals surface area contributed by atoms with Gasteiger partial charge in [0.1, 0.15) is 6.04 Å². The van der Waals surface area contributed by atoms with Gasteiger partial charge in [-0.25, -0.2) is 13.1 Å². The zero-order valence-corrected chi connectivity index (χ0v) is 25.9. The molecule has 0 aliphatic heterocycles. The first kappa shape index (κ1) is 31.4. The van der Waals surface area contributed by atoms with Crippen molar-refractivity contribution in [1.29, 1.82) is 0 Å². The van der Waals surface area contributed by atoms with Gasteiger partial charge in [-0.05, 0) is 72.2 Å². The van der Waals surface area contributed by atoms with Crippen molar-refractivity contribution in [3.05, 3.63) is 136 Å². The highest BCUT2D eigenvalue weighted by molar-refractivity contribution is 7.89. The second kappa shape index (κ2) is 14.7. The van der Waals surface area contributed by atoms with Gasteiger partial charge in [-0.3, -0.25) is 9.59 Å². The average molecular weight is 630 g/mol. The number of benzene rings is 4. The van der Waals surface area contributed by atoms with Crippen LogP contribution in [0.1, 0.15) is 47.6 Å². The third kappa shape index (κ3) is 8.78. The summed E-state index contributed by atoms with van der Waals surface area (Å²) in [6, 6.07) is 32.3. The second-order valence-corrected chi connectivity index (χ2v) is 13.2. The molecular formula is C35H36ClN3O4S. The molecule has 1 aliphatic carbocycles. The molecule has 0 bridgehead atoms. The summed E-state index contributed by atoms with van der Waals surface area (Å²) >= 11 is 6.13. The summed E-state index contributed by atoms with van der Waals surface area (Å²) in [5, 5.41) is 3.64. The van der Waals surface area contributed by atoms with Crippen LogP contribution in [-0.2, 0) is 39.0 Å². The van der Waals surface area contributed by atoms with Crippen LogP contribution in [0.4, 0.5) is 0 Å². The molecule has 0 saturated heterocycles. The van der Waals surface area contributed by atoms with Crippen molar-refractivity contribution in [2.45, 2.75) is 55.6 Å². The maximum absolute atomic E-state index is 14.0. The van der Waals surface area contributed by atoms with Crippen molar-refractivity contribution in [2.75, 3.05) is 6.54 Å². The molecule has 0 heterocycles. The predicted molar refractivity (Wildman–Crippen MR) is 172 cm³/mol. The summed E-state index contributed by atoms with van der Waals surface area (Å²) in [7, 11) is -3.55. The van der Waals surface area contributed by atoms with Crippen LogP contribution < -0.4 is 10.0 Å². The first-order valence-electron chi connectivity index (χ1n) is 14.8. The highest BCUT2D eigenvalue weighted by Gasteiger charge is 2.31. The summed E-state index contributed by atoms with van der Waals surface area (Å²) in [4.78, 5) is 29.6. The van der Waals surface area contributed by atoms with E-state index in [4.69, 9.17) is 11.6 Å². The third-order valence-electron chi connectivity index (χ3n) is 7.58. The summed E-state index contributed by atoms with van der Waals surface area (Å²) in [6.45, 7) is 0.645. The van der Waals surface area contributed by atoms with E-state index in [0.29, 0.717) is 30.0 Å². The molecule has 0 spiro atoms. The van der Waals surface area contributed by atoms with E-state index in [1.165, 1.54) is 0 Å². The monoisotopic (exact) mass is 629 g/mol. The van der Waals surface area contributed by atoms with Crippen LogP contribution in [-0.4, -0.2) is 37.7 Å². The van der Waals surface area contributed by atoms with E-state index in [2.05, 4.69) is 10.0 Å². The highest BCUT2D eigenvalue weighted by atomic mass is 35.5. The van der Waals surface area contributed by atoms with Crippen LogP contribution in [0, 0.1) is 0 Å². The Morgan fingerprint density at radius 2 is 1.36 bits per heavy atom. The van der Waals surface area contributed by atoms with Gasteiger partial charge in [-0.1, -0.05) is 96.5 Å². The number of nitrogens with zero attached hydrogens (tertiary/aromatic N) is 1. The zero-order valence-electron chi connectivity index (χ0n) is 24.4. The van der Waals surface area contributed by atoms with Gasteiger partial charge in [-0.2, -0.15) is 0 Å². The summed E-state index contributed by atoms with van der Waals surface area (Å²) in [5.41, 5.74) is 3.50. The molecule has 4 aromatic rings. The van der Waals surface area contributed by atoms with Crippen molar-refractivity contribution in [2.24, 2.45) is 0 Å². The van der Waals surface area contributed by atoms with Gasteiger partial charge < -0.3 is 10.2 Å². The van der Waals surface area contributed by atoms with Crippen LogP contribution in [0.3, 0.4) is 0 Å². The Hall–Kier alpha value is -3.98. The number of rotatable bonds is 14. The Bertz CT molecular complexity index is 1640. The SMILES string of the molecule is O=C(NCCc1ccccc1)[C@@H](c1ccccc1)N(Cc1ccc(Cl)cc1)C(=O)CCc1ccc(S(=O)(=O)NC2CC2)cc1. The van der Waals surface area contributed by atoms with Crippen LogP contribution in [0.2, 0.25) is 5.02 Å². The zero-order chi connectivity index (χ0) is 30.9. The summed E-state index contributed by atoms with van der Waals surface area (Å²) in [6.07, 6.45) is 2.92. The van der Waals surface area contributed by atoms with E-state index in [1.54, 1.807) is 41.3 Å². The van der Waals surface area contributed by atoms with Crippen LogP contribution in [0.5, 0.6) is 0 Å². The lowest BCUT2D eigenvalue weighted by molar-refractivity contribution is -0.141. The van der Waals surface area contributed by atoms with Gasteiger partial charge in [0.05, 0.1) is 4.90 Å². The minimum absolute atomic E-state index is 0.0250. The van der Waals surface area contributed by atoms with E-state index in [9.17, 15) is 18.0 Å². The lowest BCUT2D eigenvalue weighted by Crippen LogP contribution is -2.44. The quantitative estimate of drug-likeness (QED) is 0.183. The molecule has 228 valence electrons. The van der Waals surface area contributed by atoms with Gasteiger partial charge >= 0.3 is 0 Å². The number of sulfonamides is 1. The van der Waals surface area contributed by atoms with Gasteiger partial charge in [0, 0.05) is 30.6 Å². The van der Waals surface area contributed by atoms with E-state index >= 15 is 0 Å². The molecule has 2 N–H and O–H groups in total. The Kier molecular flexibility index (Phi) is 10.5. The molecule has 1 aliphatic rings. The van der Waals surface area contributed by atoms with Gasteiger partial charge in [0.25, 0.3) is 0 Å². The van der Waals surface area contributed by atoms with Gasteiger partial charge in [-0.15, -0.1) is 0 Å². The smallest absolute Gasteiger partial charge is 0.247 e. The predicted octanol–water partition coefficient (Wildman–Crippen LogP) is 5.84. The highest BCUT2D eigenvalue weighted by Crippen LogP contribution is 2.26. The summed E-state index contributed by atoms with van der Waals surface area (Å²) < 4.78 is 27.8. The fourth-order valence-electron chi connectivity index (χ4n) is 5.01. The van der Waals surface area contributed by atoms with Crippen molar-refractivity contribution in [1.82, 2.24) is 14.9 Å². The Labute approximate surface area is 264 Å². The van der Waals surface area contributed by atoms with Crippen LogP contribution in [0.15, 0.2) is 114 Å². The fraction of sp³-hybridized carbons (Fsp3) is 0.257. The minimum Gasteiger partial charge on any atom is -0.354 e. The number of halogens is 1. The average Bonchev–Trinajstić information content (AvgIpc) is 3.85. The molecule has 0 radical (unpaired) electrons. The number of aryl methyl sites for hydroxylation is 1. The van der Waals surface area contributed by atoms with Crippen molar-refractivity contribution in [3.63, 3.8) is 0 Å². The topological polar surface area (TPSA) is 95.6 Å². The Morgan fingerprint density at radius 1 is 0.773 bits per heavy atom. The third-order valence-corrected chi connectivity index (χ3v) is 9.37. The molecule has 9 heteroatoms. The maximum Gasteiger partial charge on any atom is 0.247 e. The number of hydrogen-bond acceptors (Lipinski definition) is 4. The first-order chi connectivity index (χ1) is 21.3. The number of amides is 2. The molecule has 44 heavy (non-hydrogen) atoms. The lowest BCUT2D eigenvalue weighted by Gasteiger charge is -2.32. The molecule has 1 fully saturated rings. The molecule has 7 nitrogen and oxygen atoms in total. The molecule has 1 saturated carbocycles. The van der Waals surface area contributed by atoms with E-state index < -0.39 is 16.1 Å². The Morgan fingerprint density at radius 3 is 2.00 bits per heavy atom. The second-order valence-electron chi connectivity index (χ2n) is 11.0. The van der Waals surface area contributed by atoms with Crippen LogP contribution in [0.25, 0.3) is 0 Å². The van der Waals surface area contributed by atoms with Crippen LogP contribution >= 0.6 is 11.6 Å². The van der Waals surface area contributed by atoms with E-state index in [1.807, 2.05) is 72.8 Å². The number of carbonyl (C=O) groups excluding carboxylic acids is 2. The van der Waals surface area contributed by atoms with Crippen molar-refractivity contribution < 1.29 is 18.0 Å². The molecule has 2 amide bonds. The number of carbonyl (C=O) groups is 2. The van der Waals surface area contributed by atoms with E-state index in [0.717, 1.165) is 29.5 Å².